The van der Waals surface area contributed by atoms with E-state index in [1.54, 1.807) is 38.6 Å². The first kappa shape index (κ1) is 21.9. The van der Waals surface area contributed by atoms with Crippen LogP contribution in [0.25, 0.3) is 0 Å². The van der Waals surface area contributed by atoms with Crippen LogP contribution >= 0.6 is 0 Å². The number of hydrogen-bond donors (Lipinski definition) is 2. The minimum Gasteiger partial charge on any atom is -0.496 e. The average molecular weight is 422 g/mol. The SMILES string of the molecule is CNC(=O)c1nn(C)cc1NC(=O)c1ccc(OC)c(COc2cc(C)ccc2C)c1. The van der Waals surface area contributed by atoms with Gasteiger partial charge in [-0.05, 0) is 49.2 Å². The molecule has 0 aliphatic rings. The number of benzene rings is 2. The summed E-state index contributed by atoms with van der Waals surface area (Å²) in [5, 5.41) is 9.37. The summed E-state index contributed by atoms with van der Waals surface area (Å²) in [5.41, 5.74) is 3.74. The second-order valence-electron chi connectivity index (χ2n) is 7.18. The Bertz CT molecular complexity index is 1120. The van der Waals surface area contributed by atoms with Crippen LogP contribution in [-0.2, 0) is 13.7 Å². The number of amides is 2. The maximum absolute atomic E-state index is 12.8. The van der Waals surface area contributed by atoms with E-state index in [-0.39, 0.29) is 24.1 Å². The standard InChI is InChI=1S/C23H26N4O4/c1-14-6-7-15(2)20(10-14)31-13-17-11-16(8-9-19(17)30-5)22(28)25-18-12-27(4)26-21(18)23(29)24-3/h6-12H,13H2,1-5H3,(H,24,29)(H,25,28). The Morgan fingerprint density at radius 2 is 1.84 bits per heavy atom. The number of methoxy groups -OCH3 is 1. The van der Waals surface area contributed by atoms with E-state index in [0.717, 1.165) is 22.4 Å². The van der Waals surface area contributed by atoms with Gasteiger partial charge >= 0.3 is 0 Å². The Kier molecular flexibility index (Phi) is 6.59. The summed E-state index contributed by atoms with van der Waals surface area (Å²) in [6.45, 7) is 4.22. The third-order valence-electron chi connectivity index (χ3n) is 4.79. The van der Waals surface area contributed by atoms with Gasteiger partial charge in [-0.1, -0.05) is 12.1 Å². The summed E-state index contributed by atoms with van der Waals surface area (Å²) in [6.07, 6.45) is 1.58. The molecular weight excluding hydrogens is 396 g/mol. The normalized spacial score (nSPS) is 10.5. The van der Waals surface area contributed by atoms with E-state index >= 15 is 0 Å². The number of ether oxygens (including phenoxy) is 2. The maximum atomic E-state index is 12.8. The minimum atomic E-state index is -0.381. The molecule has 0 bridgehead atoms. The summed E-state index contributed by atoms with van der Waals surface area (Å²) < 4.78 is 12.9. The van der Waals surface area contributed by atoms with Crippen molar-refractivity contribution >= 4 is 17.5 Å². The van der Waals surface area contributed by atoms with Crippen molar-refractivity contribution in [1.82, 2.24) is 15.1 Å². The molecule has 0 spiro atoms. The number of aryl methyl sites for hydroxylation is 3. The molecule has 0 atom stereocenters. The molecule has 0 saturated heterocycles. The van der Waals surface area contributed by atoms with Crippen LogP contribution < -0.4 is 20.1 Å². The first-order chi connectivity index (χ1) is 14.8. The molecule has 3 aromatic rings. The zero-order valence-electron chi connectivity index (χ0n) is 18.3. The van der Waals surface area contributed by atoms with Crippen molar-refractivity contribution in [3.63, 3.8) is 0 Å². The van der Waals surface area contributed by atoms with Gasteiger partial charge in [-0.25, -0.2) is 0 Å². The first-order valence-electron chi connectivity index (χ1n) is 9.76. The molecule has 3 rings (SSSR count). The molecule has 162 valence electrons. The van der Waals surface area contributed by atoms with Gasteiger partial charge in [0.05, 0.1) is 12.8 Å². The lowest BCUT2D eigenvalue weighted by atomic mass is 10.1. The number of carbonyl (C=O) groups excluding carboxylic acids is 2. The van der Waals surface area contributed by atoms with Crippen molar-refractivity contribution < 1.29 is 19.1 Å². The van der Waals surface area contributed by atoms with Crippen molar-refractivity contribution in [3.8, 4) is 11.5 Å². The van der Waals surface area contributed by atoms with Crippen LogP contribution in [0.3, 0.4) is 0 Å². The molecule has 0 aliphatic heterocycles. The van der Waals surface area contributed by atoms with Crippen LogP contribution in [0.15, 0.2) is 42.6 Å². The van der Waals surface area contributed by atoms with Crippen LogP contribution in [0.1, 0.15) is 37.5 Å². The van der Waals surface area contributed by atoms with Crippen molar-refractivity contribution in [2.24, 2.45) is 7.05 Å². The lowest BCUT2D eigenvalue weighted by molar-refractivity contribution is 0.0958. The number of nitrogens with zero attached hydrogens (tertiary/aromatic N) is 2. The molecular formula is C23H26N4O4. The molecule has 8 heteroatoms. The van der Waals surface area contributed by atoms with E-state index in [2.05, 4.69) is 15.7 Å². The fraction of sp³-hybridized carbons (Fsp3) is 0.261. The van der Waals surface area contributed by atoms with Crippen molar-refractivity contribution in [2.45, 2.75) is 20.5 Å². The van der Waals surface area contributed by atoms with Gasteiger partial charge in [0.1, 0.15) is 18.1 Å². The van der Waals surface area contributed by atoms with Crippen molar-refractivity contribution in [2.75, 3.05) is 19.5 Å². The molecule has 2 aromatic carbocycles. The Hall–Kier alpha value is -3.81. The van der Waals surface area contributed by atoms with Gasteiger partial charge in [0.25, 0.3) is 11.8 Å². The van der Waals surface area contributed by atoms with Crippen molar-refractivity contribution in [1.29, 1.82) is 0 Å². The van der Waals surface area contributed by atoms with E-state index in [0.29, 0.717) is 17.0 Å². The number of aromatic nitrogens is 2. The second kappa shape index (κ2) is 9.34. The maximum Gasteiger partial charge on any atom is 0.273 e. The van der Waals surface area contributed by atoms with Crippen LogP contribution in [0.5, 0.6) is 11.5 Å². The lowest BCUT2D eigenvalue weighted by Gasteiger charge is -2.14. The summed E-state index contributed by atoms with van der Waals surface area (Å²) >= 11 is 0. The lowest BCUT2D eigenvalue weighted by Crippen LogP contribution is -2.21. The van der Waals surface area contributed by atoms with Gasteiger partial charge in [-0.15, -0.1) is 0 Å². The van der Waals surface area contributed by atoms with E-state index < -0.39 is 0 Å². The average Bonchev–Trinajstić information content (AvgIpc) is 3.13. The smallest absolute Gasteiger partial charge is 0.273 e. The molecule has 2 N–H and O–H groups in total. The van der Waals surface area contributed by atoms with Gasteiger partial charge in [-0.3, -0.25) is 14.3 Å². The molecule has 8 nitrogen and oxygen atoms in total. The second-order valence-corrected chi connectivity index (χ2v) is 7.18. The molecule has 31 heavy (non-hydrogen) atoms. The molecule has 0 radical (unpaired) electrons. The quantitative estimate of drug-likeness (QED) is 0.610. The van der Waals surface area contributed by atoms with Crippen LogP contribution in [-0.4, -0.2) is 35.8 Å². The highest BCUT2D eigenvalue weighted by molar-refractivity contribution is 6.08. The van der Waals surface area contributed by atoms with Crippen LogP contribution in [0, 0.1) is 13.8 Å². The monoisotopic (exact) mass is 422 g/mol. The summed E-state index contributed by atoms with van der Waals surface area (Å²) in [6, 6.07) is 11.1. The van der Waals surface area contributed by atoms with E-state index in [1.165, 1.54) is 11.7 Å². The summed E-state index contributed by atoms with van der Waals surface area (Å²) in [4.78, 5) is 24.9. The topological polar surface area (TPSA) is 94.5 Å². The van der Waals surface area contributed by atoms with Gasteiger partial charge in [-0.2, -0.15) is 5.10 Å². The third kappa shape index (κ3) is 5.03. The minimum absolute atomic E-state index is 0.144. The van der Waals surface area contributed by atoms with Crippen LogP contribution in [0.2, 0.25) is 0 Å². The largest absolute Gasteiger partial charge is 0.496 e. The predicted molar refractivity (Wildman–Crippen MR) is 118 cm³/mol. The highest BCUT2D eigenvalue weighted by Crippen LogP contribution is 2.25. The van der Waals surface area contributed by atoms with Crippen LogP contribution in [0.4, 0.5) is 5.69 Å². The molecule has 0 saturated carbocycles. The zero-order chi connectivity index (χ0) is 22.5. The fourth-order valence-electron chi connectivity index (χ4n) is 3.11. The fourth-order valence-corrected chi connectivity index (χ4v) is 3.11. The number of nitrogens with one attached hydrogen (secondary N) is 2. The number of carbonyl (C=O) groups is 2. The Balaban J connectivity index is 1.82. The van der Waals surface area contributed by atoms with Gasteiger partial charge in [0.2, 0.25) is 0 Å². The number of anilines is 1. The Morgan fingerprint density at radius 3 is 2.55 bits per heavy atom. The zero-order valence-corrected chi connectivity index (χ0v) is 18.3. The summed E-state index contributed by atoms with van der Waals surface area (Å²) in [5.74, 6) is 0.652. The van der Waals surface area contributed by atoms with Crippen molar-refractivity contribution in [3.05, 3.63) is 70.5 Å². The van der Waals surface area contributed by atoms with Gasteiger partial charge in [0, 0.05) is 31.4 Å². The molecule has 1 heterocycles. The Labute approximate surface area is 181 Å². The molecule has 1 aromatic heterocycles. The molecule has 2 amide bonds. The summed E-state index contributed by atoms with van der Waals surface area (Å²) in [7, 11) is 4.76. The molecule has 0 fully saturated rings. The number of hydrogen-bond acceptors (Lipinski definition) is 5. The predicted octanol–water partition coefficient (Wildman–Crippen LogP) is 3.24. The van der Waals surface area contributed by atoms with Gasteiger partial charge < -0.3 is 20.1 Å². The highest BCUT2D eigenvalue weighted by Gasteiger charge is 2.18. The first-order valence-corrected chi connectivity index (χ1v) is 9.76. The number of rotatable bonds is 7. The Morgan fingerprint density at radius 1 is 1.06 bits per heavy atom. The van der Waals surface area contributed by atoms with E-state index in [4.69, 9.17) is 9.47 Å². The molecule has 0 aliphatic carbocycles. The third-order valence-corrected chi connectivity index (χ3v) is 4.79. The van der Waals surface area contributed by atoms with E-state index in [1.807, 2.05) is 32.0 Å². The molecule has 0 unspecified atom stereocenters. The van der Waals surface area contributed by atoms with Gasteiger partial charge in [0.15, 0.2) is 5.69 Å². The highest BCUT2D eigenvalue weighted by atomic mass is 16.5. The van der Waals surface area contributed by atoms with E-state index in [9.17, 15) is 9.59 Å².